The van der Waals surface area contributed by atoms with Gasteiger partial charge in [-0.2, -0.15) is 0 Å². The van der Waals surface area contributed by atoms with Crippen LogP contribution in [0.1, 0.15) is 67.7 Å². The van der Waals surface area contributed by atoms with Gasteiger partial charge in [-0.1, -0.05) is 26.8 Å². The lowest BCUT2D eigenvalue weighted by Crippen LogP contribution is -2.44. The molecular formula is C18H32BNO3. The minimum Gasteiger partial charge on any atom is -0.400 e. The average Bonchev–Trinajstić information content (AvgIpc) is 2.65. The van der Waals surface area contributed by atoms with Crippen molar-refractivity contribution in [2.75, 3.05) is 7.05 Å². The summed E-state index contributed by atoms with van der Waals surface area (Å²) in [4.78, 5) is 14.3. The molecule has 1 heterocycles. The van der Waals surface area contributed by atoms with Crippen LogP contribution in [0, 0.1) is 5.41 Å². The number of carbonyl (C=O) groups is 1. The molecule has 1 atom stereocenters. The summed E-state index contributed by atoms with van der Waals surface area (Å²) in [6, 6.07) is 0.271. The summed E-state index contributed by atoms with van der Waals surface area (Å²) in [5.74, 6) is 0.204. The van der Waals surface area contributed by atoms with Gasteiger partial charge in [0.2, 0.25) is 5.91 Å². The molecule has 130 valence electrons. The number of hydrogen-bond donors (Lipinski definition) is 0. The molecule has 0 aromatic heterocycles. The van der Waals surface area contributed by atoms with Gasteiger partial charge in [-0.25, -0.2) is 0 Å². The Bertz CT molecular complexity index is 489. The summed E-state index contributed by atoms with van der Waals surface area (Å²) < 4.78 is 12.3. The summed E-state index contributed by atoms with van der Waals surface area (Å²) in [5, 5.41) is 0. The number of amides is 1. The summed E-state index contributed by atoms with van der Waals surface area (Å²) in [7, 11) is 1.68. The van der Waals surface area contributed by atoms with Gasteiger partial charge in [0.1, 0.15) is 0 Å². The molecule has 2 aliphatic rings. The van der Waals surface area contributed by atoms with E-state index >= 15 is 0 Å². The third-order valence-electron chi connectivity index (χ3n) is 5.48. The minimum atomic E-state index is -0.329. The van der Waals surface area contributed by atoms with Crippen LogP contribution in [-0.2, 0) is 14.1 Å². The van der Waals surface area contributed by atoms with E-state index < -0.39 is 0 Å². The predicted molar refractivity (Wildman–Crippen MR) is 94.0 cm³/mol. The largest absolute Gasteiger partial charge is 0.490 e. The Labute approximate surface area is 141 Å². The Balaban J connectivity index is 2.01. The van der Waals surface area contributed by atoms with Crippen LogP contribution in [0.5, 0.6) is 0 Å². The first-order chi connectivity index (χ1) is 10.3. The van der Waals surface area contributed by atoms with Crippen molar-refractivity contribution >= 4 is 13.0 Å². The summed E-state index contributed by atoms with van der Waals surface area (Å²) in [5.41, 5.74) is 0.296. The molecule has 0 N–H and O–H groups in total. The van der Waals surface area contributed by atoms with Crippen molar-refractivity contribution in [2.24, 2.45) is 5.41 Å². The van der Waals surface area contributed by atoms with Crippen LogP contribution < -0.4 is 0 Å². The van der Waals surface area contributed by atoms with Crippen molar-refractivity contribution in [2.45, 2.75) is 85.0 Å². The Hall–Kier alpha value is -0.805. The summed E-state index contributed by atoms with van der Waals surface area (Å²) in [6.07, 6.45) is 4.97. The van der Waals surface area contributed by atoms with Crippen molar-refractivity contribution in [1.29, 1.82) is 0 Å². The Morgan fingerprint density at radius 3 is 2.13 bits per heavy atom. The monoisotopic (exact) mass is 321 g/mol. The van der Waals surface area contributed by atoms with Crippen LogP contribution in [0.4, 0.5) is 0 Å². The van der Waals surface area contributed by atoms with Gasteiger partial charge in [0.25, 0.3) is 0 Å². The molecule has 0 bridgehead atoms. The predicted octanol–water partition coefficient (Wildman–Crippen LogP) is 3.60. The average molecular weight is 321 g/mol. The normalized spacial score (nSPS) is 26.9. The highest BCUT2D eigenvalue weighted by Crippen LogP contribution is 2.40. The van der Waals surface area contributed by atoms with E-state index in [0.717, 1.165) is 19.3 Å². The Morgan fingerprint density at radius 1 is 1.22 bits per heavy atom. The molecule has 1 aliphatic heterocycles. The van der Waals surface area contributed by atoms with E-state index in [2.05, 4.69) is 33.8 Å². The lowest BCUT2D eigenvalue weighted by atomic mass is 9.71. The molecule has 1 saturated heterocycles. The van der Waals surface area contributed by atoms with Crippen molar-refractivity contribution < 1.29 is 14.1 Å². The van der Waals surface area contributed by atoms with Crippen molar-refractivity contribution in [3.05, 3.63) is 11.5 Å². The van der Waals surface area contributed by atoms with Crippen molar-refractivity contribution in [1.82, 2.24) is 4.90 Å². The quantitative estimate of drug-likeness (QED) is 0.730. The van der Waals surface area contributed by atoms with Gasteiger partial charge in [-0.3, -0.25) is 4.79 Å². The van der Waals surface area contributed by atoms with Gasteiger partial charge >= 0.3 is 7.12 Å². The molecule has 0 aromatic rings. The molecule has 1 amide bonds. The van der Waals surface area contributed by atoms with E-state index in [0.29, 0.717) is 0 Å². The maximum absolute atomic E-state index is 12.4. The van der Waals surface area contributed by atoms with Crippen LogP contribution in [0.15, 0.2) is 11.5 Å². The van der Waals surface area contributed by atoms with Crippen molar-refractivity contribution in [3.63, 3.8) is 0 Å². The number of rotatable bonds is 2. The third kappa shape index (κ3) is 3.66. The third-order valence-corrected chi connectivity index (χ3v) is 5.48. The van der Waals surface area contributed by atoms with Gasteiger partial charge in [-0.05, 0) is 52.4 Å². The number of nitrogens with zero attached hydrogens (tertiary/aromatic N) is 1. The standard InChI is InChI=1S/C18H32BNO3/c1-16(2,3)15(21)20(8)14-11-9-13(10-12-14)19-22-17(4,5)18(6,7)23-19/h9,14H,10-12H2,1-8H3. The Kier molecular flexibility index (Phi) is 4.77. The zero-order valence-corrected chi connectivity index (χ0v) is 16.0. The number of carbonyl (C=O) groups excluding carboxylic acids is 1. The topological polar surface area (TPSA) is 38.8 Å². The van der Waals surface area contributed by atoms with E-state index in [1.807, 2.05) is 32.7 Å². The highest BCUT2D eigenvalue weighted by Gasteiger charge is 2.52. The Morgan fingerprint density at radius 2 is 1.74 bits per heavy atom. The molecule has 0 spiro atoms. The smallest absolute Gasteiger partial charge is 0.400 e. The molecular weight excluding hydrogens is 289 g/mol. The molecule has 0 saturated carbocycles. The molecule has 4 nitrogen and oxygen atoms in total. The summed E-state index contributed by atoms with van der Waals surface area (Å²) in [6.45, 7) is 14.2. The lowest BCUT2D eigenvalue weighted by molar-refractivity contribution is -0.140. The second-order valence-corrected chi connectivity index (χ2v) is 8.96. The van der Waals surface area contributed by atoms with E-state index in [4.69, 9.17) is 9.31 Å². The fourth-order valence-corrected chi connectivity index (χ4v) is 3.10. The zero-order chi connectivity index (χ0) is 17.6. The first-order valence-electron chi connectivity index (χ1n) is 8.67. The zero-order valence-electron chi connectivity index (χ0n) is 16.0. The van der Waals surface area contributed by atoms with E-state index in [1.165, 1.54) is 5.47 Å². The van der Waals surface area contributed by atoms with Crippen LogP contribution >= 0.6 is 0 Å². The first-order valence-corrected chi connectivity index (χ1v) is 8.67. The molecule has 5 heteroatoms. The maximum Gasteiger partial charge on any atom is 0.490 e. The molecule has 1 unspecified atom stereocenters. The van der Waals surface area contributed by atoms with Crippen LogP contribution in [-0.4, -0.2) is 42.2 Å². The second kappa shape index (κ2) is 5.93. The molecule has 0 aromatic carbocycles. The molecule has 23 heavy (non-hydrogen) atoms. The summed E-state index contributed by atoms with van der Waals surface area (Å²) >= 11 is 0. The first kappa shape index (κ1) is 18.5. The molecule has 1 aliphatic carbocycles. The van der Waals surface area contributed by atoms with Gasteiger partial charge in [0.15, 0.2) is 0 Å². The number of allylic oxidation sites excluding steroid dienone is 1. The maximum atomic E-state index is 12.4. The van der Waals surface area contributed by atoms with Gasteiger partial charge in [0, 0.05) is 18.5 Å². The highest BCUT2D eigenvalue weighted by atomic mass is 16.7. The van der Waals surface area contributed by atoms with E-state index in [-0.39, 0.29) is 35.7 Å². The van der Waals surface area contributed by atoms with Gasteiger partial charge < -0.3 is 14.2 Å². The molecule has 1 fully saturated rings. The van der Waals surface area contributed by atoms with Crippen LogP contribution in [0.25, 0.3) is 0 Å². The van der Waals surface area contributed by atoms with Crippen LogP contribution in [0.2, 0.25) is 0 Å². The fourth-order valence-electron chi connectivity index (χ4n) is 3.10. The van der Waals surface area contributed by atoms with E-state index in [1.54, 1.807) is 0 Å². The fraction of sp³-hybridized carbons (Fsp3) is 0.833. The van der Waals surface area contributed by atoms with E-state index in [9.17, 15) is 4.79 Å². The van der Waals surface area contributed by atoms with Gasteiger partial charge in [0.05, 0.1) is 11.2 Å². The van der Waals surface area contributed by atoms with Gasteiger partial charge in [-0.15, -0.1) is 0 Å². The second-order valence-electron chi connectivity index (χ2n) is 8.96. The SMILES string of the molecule is CN(C(=O)C(C)(C)C)C1CC=C(B2OC(C)(C)C(C)(C)O2)CC1. The molecule has 0 radical (unpaired) electrons. The number of hydrogen-bond acceptors (Lipinski definition) is 3. The van der Waals surface area contributed by atoms with Crippen LogP contribution in [0.3, 0.4) is 0 Å². The van der Waals surface area contributed by atoms with Crippen molar-refractivity contribution in [3.8, 4) is 0 Å². The highest BCUT2D eigenvalue weighted by molar-refractivity contribution is 6.54. The molecule has 2 rings (SSSR count). The minimum absolute atomic E-state index is 0.204. The lowest BCUT2D eigenvalue weighted by Gasteiger charge is -2.35.